The van der Waals surface area contributed by atoms with Gasteiger partial charge in [0.25, 0.3) is 0 Å². The van der Waals surface area contributed by atoms with Crippen molar-refractivity contribution in [3.8, 4) is 0 Å². The second kappa shape index (κ2) is 3.64. The molecule has 15 heavy (non-hydrogen) atoms. The van der Waals surface area contributed by atoms with Gasteiger partial charge in [-0.3, -0.25) is 0 Å². The van der Waals surface area contributed by atoms with Gasteiger partial charge in [-0.25, -0.2) is 0 Å². The standard InChI is InChI=1S/C10H15O2Si.CH3.Y/c1-6-8(3)10-9(7-2)11-13(4,5)12-10;;/h1-5H3;1H3;. The molecule has 0 aromatic carbocycles. The van der Waals surface area contributed by atoms with E-state index in [0.717, 1.165) is 11.5 Å². The molecule has 2 aliphatic rings. The van der Waals surface area contributed by atoms with E-state index in [-0.39, 0.29) is 0 Å². The van der Waals surface area contributed by atoms with Crippen molar-refractivity contribution in [1.82, 2.24) is 0 Å². The quantitative estimate of drug-likeness (QED) is 0.640. The average molecular weight is 299 g/mol. The second-order valence-corrected chi connectivity index (χ2v) is 16.0. The Balaban J connectivity index is 2.62. The number of rotatable bonds is 0. The predicted octanol–water partition coefficient (Wildman–Crippen LogP) is 3.11. The first-order chi connectivity index (χ1) is 6.83. The van der Waals surface area contributed by atoms with E-state index in [9.17, 15) is 0 Å². The summed E-state index contributed by atoms with van der Waals surface area (Å²) in [4.78, 5) is 0. The molecule has 2 aliphatic heterocycles. The van der Waals surface area contributed by atoms with Gasteiger partial charge in [0.15, 0.2) is 0 Å². The second-order valence-electron chi connectivity index (χ2n) is 4.97. The summed E-state index contributed by atoms with van der Waals surface area (Å²) >= 11 is -1.63. The van der Waals surface area contributed by atoms with Crippen LogP contribution in [-0.2, 0) is 35.8 Å². The van der Waals surface area contributed by atoms with Gasteiger partial charge in [0.2, 0.25) is 0 Å². The molecule has 2 rings (SSSR count). The Morgan fingerprint density at radius 3 is 2.13 bits per heavy atom. The summed E-state index contributed by atoms with van der Waals surface area (Å²) < 4.78 is 17.6. The molecule has 2 heterocycles. The van der Waals surface area contributed by atoms with Gasteiger partial charge in [0, 0.05) is 0 Å². The van der Waals surface area contributed by atoms with Gasteiger partial charge in [-0.2, -0.15) is 0 Å². The summed E-state index contributed by atoms with van der Waals surface area (Å²) in [5, 5.41) is 0. The summed E-state index contributed by atoms with van der Waals surface area (Å²) in [5.41, 5.74) is 1.36. The van der Waals surface area contributed by atoms with Gasteiger partial charge in [0.05, 0.1) is 0 Å². The van der Waals surface area contributed by atoms with E-state index in [2.05, 4.69) is 37.6 Å². The molecule has 81 valence electrons. The Morgan fingerprint density at radius 1 is 1.00 bits per heavy atom. The van der Waals surface area contributed by atoms with Crippen molar-refractivity contribution in [2.45, 2.75) is 37.6 Å². The first-order valence-electron chi connectivity index (χ1n) is 5.47. The number of fused-ring (bicyclic) bond motifs is 1. The van der Waals surface area contributed by atoms with E-state index in [1.54, 1.807) is 2.30 Å². The maximum atomic E-state index is 6.03. The van der Waals surface area contributed by atoms with Crippen LogP contribution in [0, 0.1) is 0 Å². The van der Waals surface area contributed by atoms with E-state index in [0.29, 0.717) is 0 Å². The zero-order chi connectivity index (χ0) is 11.4. The van der Waals surface area contributed by atoms with Crippen molar-refractivity contribution in [3.05, 3.63) is 19.5 Å². The fourth-order valence-corrected chi connectivity index (χ4v) is 8.90. The van der Waals surface area contributed by atoms with Crippen LogP contribution in [0.15, 0.2) is 19.5 Å². The van der Waals surface area contributed by atoms with E-state index in [1.807, 2.05) is 0 Å². The Kier molecular flexibility index (Phi) is 2.85. The molecule has 2 nitrogen and oxygen atoms in total. The summed E-state index contributed by atoms with van der Waals surface area (Å²) in [5.74, 6) is 2.16. The maximum absolute atomic E-state index is 6.03. The first kappa shape index (κ1) is 11.7. The van der Waals surface area contributed by atoms with E-state index in [1.165, 1.54) is 7.96 Å². The van der Waals surface area contributed by atoms with Gasteiger partial charge in [-0.05, 0) is 0 Å². The molecule has 4 heteroatoms. The van der Waals surface area contributed by atoms with Crippen LogP contribution in [-0.4, -0.2) is 10.9 Å². The van der Waals surface area contributed by atoms with Crippen LogP contribution in [0.1, 0.15) is 20.8 Å². The van der Waals surface area contributed by atoms with Crippen molar-refractivity contribution < 1.29 is 35.8 Å². The van der Waals surface area contributed by atoms with Crippen LogP contribution in [0.4, 0.5) is 0 Å². The third-order valence-electron chi connectivity index (χ3n) is 3.49. The minimum atomic E-state index is -1.91. The fourth-order valence-electron chi connectivity index (χ4n) is 2.14. The molecule has 0 aliphatic carbocycles. The third kappa shape index (κ3) is 1.83. The van der Waals surface area contributed by atoms with Crippen LogP contribution in [0.3, 0.4) is 0 Å². The van der Waals surface area contributed by atoms with Crippen LogP contribution in [0.25, 0.3) is 0 Å². The Bertz CT molecular complexity index is 392. The molecular formula is C11H18O2SiY. The van der Waals surface area contributed by atoms with Crippen molar-refractivity contribution in [2.75, 3.05) is 0 Å². The van der Waals surface area contributed by atoms with Gasteiger partial charge in [-0.1, -0.05) is 0 Å². The number of hydrogen-bond acceptors (Lipinski definition) is 2. The zero-order valence-electron chi connectivity index (χ0n) is 10.4. The molecule has 0 spiro atoms. The predicted molar refractivity (Wildman–Crippen MR) is 61.6 cm³/mol. The molecule has 0 radical (unpaired) electrons. The van der Waals surface area contributed by atoms with Crippen LogP contribution < -0.4 is 0 Å². The Labute approximate surface area is 103 Å². The van der Waals surface area contributed by atoms with Crippen LogP contribution >= 0.6 is 0 Å². The molecule has 0 bridgehead atoms. The van der Waals surface area contributed by atoms with Gasteiger partial charge in [0.1, 0.15) is 0 Å². The first-order valence-corrected chi connectivity index (χ1v) is 14.0. The average Bonchev–Trinajstić information content (AvgIpc) is 2.48. The summed E-state index contributed by atoms with van der Waals surface area (Å²) in [7, 11) is -1.91. The SMILES string of the molecule is CC1=C2O[Si](C)(C)OC2=[C](C)[Y]([CH3])=[C]1C. The molecule has 0 amide bonds. The molecule has 1 fully saturated rings. The van der Waals surface area contributed by atoms with Crippen molar-refractivity contribution >= 4 is 10.9 Å². The number of allylic oxidation sites excluding steroid dienone is 2. The minimum absolute atomic E-state index is 1.05. The van der Waals surface area contributed by atoms with Crippen molar-refractivity contribution in [3.63, 3.8) is 0 Å². The van der Waals surface area contributed by atoms with E-state index >= 15 is 0 Å². The molecule has 1 saturated heterocycles. The molecule has 0 aromatic heterocycles. The van der Waals surface area contributed by atoms with Crippen LogP contribution in [0.2, 0.25) is 16.8 Å². The van der Waals surface area contributed by atoms with E-state index < -0.39 is 35.5 Å². The summed E-state index contributed by atoms with van der Waals surface area (Å²) in [6.45, 7) is 10.9. The summed E-state index contributed by atoms with van der Waals surface area (Å²) in [6, 6.07) is 0. The Hall–Kier alpha value is 0.271. The molecule has 0 N–H and O–H groups in total. The van der Waals surface area contributed by atoms with Crippen molar-refractivity contribution in [1.29, 1.82) is 0 Å². The van der Waals surface area contributed by atoms with E-state index in [4.69, 9.17) is 8.85 Å². The zero-order valence-corrected chi connectivity index (χ0v) is 14.2. The number of hydrogen-bond donors (Lipinski definition) is 0. The summed E-state index contributed by atoms with van der Waals surface area (Å²) in [6.07, 6.45) is 0. The topological polar surface area (TPSA) is 18.5 Å². The molecule has 0 saturated carbocycles. The Morgan fingerprint density at radius 2 is 1.53 bits per heavy atom. The fraction of sp³-hybridized carbons (Fsp3) is 0.545. The van der Waals surface area contributed by atoms with Gasteiger partial charge >= 0.3 is 104 Å². The van der Waals surface area contributed by atoms with Gasteiger partial charge < -0.3 is 0 Å². The third-order valence-corrected chi connectivity index (χ3v) is 13.0. The monoisotopic (exact) mass is 299 g/mol. The molecule has 0 aromatic rings. The van der Waals surface area contributed by atoms with Gasteiger partial charge in [-0.15, -0.1) is 0 Å². The normalized spacial score (nSPS) is 24.1. The molecular weight excluding hydrogens is 281 g/mol. The molecule has 0 unspecified atom stereocenters. The molecule has 0 atom stereocenters. The van der Waals surface area contributed by atoms with Crippen molar-refractivity contribution in [2.24, 2.45) is 0 Å². The van der Waals surface area contributed by atoms with Crippen LogP contribution in [0.5, 0.6) is 0 Å².